The van der Waals surface area contributed by atoms with Crippen molar-refractivity contribution in [3.05, 3.63) is 65.0 Å². The molecule has 0 aliphatic heterocycles. The summed E-state index contributed by atoms with van der Waals surface area (Å²) in [5.74, 6) is -0.319. The summed E-state index contributed by atoms with van der Waals surface area (Å²) in [7, 11) is -3.92. The molecule has 0 fully saturated rings. The van der Waals surface area contributed by atoms with Crippen molar-refractivity contribution in [3.8, 4) is 0 Å². The van der Waals surface area contributed by atoms with Crippen molar-refractivity contribution < 1.29 is 17.1 Å². The first-order valence-electron chi connectivity index (χ1n) is 6.32. The summed E-state index contributed by atoms with van der Waals surface area (Å²) < 4.78 is 41.6. The molecule has 0 spiro atoms. The predicted molar refractivity (Wildman–Crippen MR) is 76.1 cm³/mol. The molecule has 21 heavy (non-hydrogen) atoms. The Morgan fingerprint density at radius 1 is 1.14 bits per heavy atom. The van der Waals surface area contributed by atoms with Crippen molar-refractivity contribution in [2.24, 2.45) is 5.16 Å². The predicted octanol–water partition coefficient (Wildman–Crippen LogP) is 2.80. The number of benzene rings is 2. The van der Waals surface area contributed by atoms with Gasteiger partial charge in [-0.1, -0.05) is 22.9 Å². The van der Waals surface area contributed by atoms with E-state index in [0.717, 1.165) is 16.7 Å². The lowest BCUT2D eigenvalue weighted by Crippen LogP contribution is -2.21. The third kappa shape index (κ3) is 2.67. The van der Waals surface area contributed by atoms with Crippen LogP contribution < -0.4 is 0 Å². The van der Waals surface area contributed by atoms with Crippen LogP contribution in [0.5, 0.6) is 0 Å². The van der Waals surface area contributed by atoms with Crippen molar-refractivity contribution in [1.82, 2.24) is 0 Å². The van der Waals surface area contributed by atoms with Crippen LogP contribution in [0.25, 0.3) is 0 Å². The van der Waals surface area contributed by atoms with Crippen LogP contribution in [0.3, 0.4) is 0 Å². The molecule has 2 aromatic carbocycles. The van der Waals surface area contributed by atoms with Gasteiger partial charge in [0.25, 0.3) is 0 Å². The van der Waals surface area contributed by atoms with E-state index in [9.17, 15) is 12.8 Å². The van der Waals surface area contributed by atoms with Gasteiger partial charge in [-0.3, -0.25) is 4.28 Å². The molecule has 0 saturated heterocycles. The quantitative estimate of drug-likeness (QED) is 0.819. The van der Waals surface area contributed by atoms with Gasteiger partial charge >= 0.3 is 10.1 Å². The van der Waals surface area contributed by atoms with Crippen molar-refractivity contribution in [2.75, 3.05) is 0 Å². The highest BCUT2D eigenvalue weighted by atomic mass is 32.2. The fourth-order valence-corrected chi connectivity index (χ4v) is 2.83. The Hall–Kier alpha value is -2.21. The summed E-state index contributed by atoms with van der Waals surface area (Å²) >= 11 is 0. The molecule has 6 heteroatoms. The van der Waals surface area contributed by atoms with Gasteiger partial charge in [0, 0.05) is 12.0 Å². The number of fused-ring (bicyclic) bond motifs is 1. The second-order valence-corrected chi connectivity index (χ2v) is 6.39. The lowest BCUT2D eigenvalue weighted by atomic mass is 9.86. The summed E-state index contributed by atoms with van der Waals surface area (Å²) in [6.07, 6.45) is 0.399. The van der Waals surface area contributed by atoms with Crippen LogP contribution in [-0.4, -0.2) is 14.1 Å². The molecule has 1 aliphatic rings. The molecule has 3 rings (SSSR count). The minimum Gasteiger partial charge on any atom is -0.264 e. The molecular formula is C15H12FNO3S. The van der Waals surface area contributed by atoms with Gasteiger partial charge in [0.1, 0.15) is 10.7 Å². The minimum absolute atomic E-state index is 0.0519. The zero-order valence-corrected chi connectivity index (χ0v) is 12.0. The van der Waals surface area contributed by atoms with Crippen LogP contribution >= 0.6 is 0 Å². The van der Waals surface area contributed by atoms with Gasteiger partial charge in [-0.2, -0.15) is 8.42 Å². The highest BCUT2D eigenvalue weighted by Gasteiger charge is 2.24. The number of oxime groups is 1. The fraction of sp³-hybridized carbons (Fsp3) is 0.133. The van der Waals surface area contributed by atoms with Crippen LogP contribution in [0.4, 0.5) is 4.39 Å². The van der Waals surface area contributed by atoms with Gasteiger partial charge < -0.3 is 0 Å². The Morgan fingerprint density at radius 2 is 1.86 bits per heavy atom. The largest absolute Gasteiger partial charge is 0.358 e. The van der Waals surface area contributed by atoms with Gasteiger partial charge in [0.2, 0.25) is 0 Å². The van der Waals surface area contributed by atoms with E-state index in [1.54, 1.807) is 18.2 Å². The highest BCUT2D eigenvalue weighted by Crippen LogP contribution is 2.25. The molecule has 0 unspecified atom stereocenters. The molecule has 1 aliphatic carbocycles. The standard InChI is InChI=1S/C15H12FNO3S/c1-10-2-5-13(6-3-10)21(18,19)20-17-15-9-11-8-12(16)4-7-14(11)15/h2-8H,9H2,1H3. The molecule has 0 amide bonds. The van der Waals surface area contributed by atoms with E-state index in [-0.39, 0.29) is 10.7 Å². The first-order chi connectivity index (χ1) is 9.95. The molecule has 108 valence electrons. The lowest BCUT2D eigenvalue weighted by Gasteiger charge is -2.20. The number of halogens is 1. The van der Waals surface area contributed by atoms with E-state index in [2.05, 4.69) is 5.16 Å². The summed E-state index contributed by atoms with van der Waals surface area (Å²) in [5.41, 5.74) is 2.97. The molecule has 4 nitrogen and oxygen atoms in total. The fourth-order valence-electron chi connectivity index (χ4n) is 2.08. The van der Waals surface area contributed by atoms with Gasteiger partial charge in [-0.25, -0.2) is 4.39 Å². The lowest BCUT2D eigenvalue weighted by molar-refractivity contribution is 0.337. The van der Waals surface area contributed by atoms with Crippen LogP contribution in [0.15, 0.2) is 52.5 Å². The normalized spacial score (nSPS) is 15.4. The smallest absolute Gasteiger partial charge is 0.264 e. The first-order valence-corrected chi connectivity index (χ1v) is 7.72. The van der Waals surface area contributed by atoms with Crippen molar-refractivity contribution >= 4 is 15.8 Å². The summed E-state index contributed by atoms with van der Waals surface area (Å²) in [4.78, 5) is 0.0519. The topological polar surface area (TPSA) is 55.7 Å². The van der Waals surface area contributed by atoms with Crippen molar-refractivity contribution in [2.45, 2.75) is 18.2 Å². The van der Waals surface area contributed by atoms with E-state index in [4.69, 9.17) is 4.28 Å². The number of nitrogens with zero attached hydrogens (tertiary/aromatic N) is 1. The average Bonchev–Trinajstić information content (AvgIpc) is 2.41. The molecule has 0 atom stereocenters. The second-order valence-electron chi connectivity index (χ2n) is 4.86. The molecule has 0 aromatic heterocycles. The Labute approximate surface area is 122 Å². The Kier molecular flexibility index (Phi) is 3.25. The van der Waals surface area contributed by atoms with E-state index >= 15 is 0 Å². The zero-order chi connectivity index (χ0) is 15.0. The maximum absolute atomic E-state index is 13.0. The Bertz CT molecular complexity index is 826. The minimum atomic E-state index is -3.92. The summed E-state index contributed by atoms with van der Waals surface area (Å²) in [5, 5.41) is 3.68. The molecule has 2 aromatic rings. The average molecular weight is 305 g/mol. The van der Waals surface area contributed by atoms with Crippen LogP contribution in [0, 0.1) is 12.7 Å². The first kappa shape index (κ1) is 13.8. The van der Waals surface area contributed by atoms with Crippen LogP contribution in [0.2, 0.25) is 0 Å². The summed E-state index contributed by atoms with van der Waals surface area (Å²) in [6, 6.07) is 10.6. The Morgan fingerprint density at radius 3 is 2.52 bits per heavy atom. The van der Waals surface area contributed by atoms with Crippen LogP contribution in [-0.2, 0) is 20.8 Å². The van der Waals surface area contributed by atoms with Crippen molar-refractivity contribution in [1.29, 1.82) is 0 Å². The number of hydrogen-bond donors (Lipinski definition) is 0. The number of aryl methyl sites for hydroxylation is 1. The maximum Gasteiger partial charge on any atom is 0.358 e. The Balaban J connectivity index is 1.80. The molecule has 0 N–H and O–H groups in total. The maximum atomic E-state index is 13.0. The summed E-state index contributed by atoms with van der Waals surface area (Å²) in [6.45, 7) is 1.86. The second kappa shape index (κ2) is 4.96. The molecule has 0 bridgehead atoms. The van der Waals surface area contributed by atoms with Gasteiger partial charge in [0.15, 0.2) is 0 Å². The zero-order valence-electron chi connectivity index (χ0n) is 11.2. The van der Waals surface area contributed by atoms with Crippen LogP contribution in [0.1, 0.15) is 16.7 Å². The third-order valence-corrected chi connectivity index (χ3v) is 4.41. The highest BCUT2D eigenvalue weighted by molar-refractivity contribution is 7.86. The van der Waals surface area contributed by atoms with E-state index in [1.165, 1.54) is 24.3 Å². The molecule has 0 heterocycles. The number of hydrogen-bond acceptors (Lipinski definition) is 4. The monoisotopic (exact) mass is 305 g/mol. The van der Waals surface area contributed by atoms with Crippen molar-refractivity contribution in [3.63, 3.8) is 0 Å². The molecule has 0 saturated carbocycles. The number of rotatable bonds is 3. The van der Waals surface area contributed by atoms with E-state index in [0.29, 0.717) is 12.1 Å². The van der Waals surface area contributed by atoms with E-state index < -0.39 is 10.1 Å². The SMILES string of the molecule is Cc1ccc(S(=O)(=O)ON=C2Cc3cc(F)ccc32)cc1. The van der Waals surface area contributed by atoms with E-state index in [1.807, 2.05) is 6.92 Å². The third-order valence-electron chi connectivity index (χ3n) is 3.29. The molecule has 0 radical (unpaired) electrons. The van der Waals surface area contributed by atoms with Gasteiger partial charge in [-0.15, -0.1) is 0 Å². The van der Waals surface area contributed by atoms with Gasteiger partial charge in [-0.05, 0) is 42.8 Å². The molecular weight excluding hydrogens is 293 g/mol. The van der Waals surface area contributed by atoms with Gasteiger partial charge in [0.05, 0.1) is 5.71 Å².